The van der Waals surface area contributed by atoms with Gasteiger partial charge in [0, 0.05) is 41.3 Å². The van der Waals surface area contributed by atoms with Gasteiger partial charge in [0.1, 0.15) is 11.9 Å². The third-order valence-corrected chi connectivity index (χ3v) is 17.7. The van der Waals surface area contributed by atoms with Crippen LogP contribution in [-0.2, 0) is 10.2 Å². The van der Waals surface area contributed by atoms with Gasteiger partial charge in [-0.25, -0.2) is 0 Å². The number of fused-ring (bicyclic) bond motifs is 9. The highest BCUT2D eigenvalue weighted by Gasteiger charge is 2.62. The number of allylic oxidation sites excluding steroid dienone is 11. The van der Waals surface area contributed by atoms with Gasteiger partial charge in [-0.3, -0.25) is 4.90 Å². The van der Waals surface area contributed by atoms with Crippen molar-refractivity contribution in [2.45, 2.75) is 140 Å². The van der Waals surface area contributed by atoms with Crippen molar-refractivity contribution in [3.8, 4) is 0 Å². The Balaban J connectivity index is 0.928. The van der Waals surface area contributed by atoms with E-state index in [0.717, 1.165) is 12.3 Å². The summed E-state index contributed by atoms with van der Waals surface area (Å²) in [7, 11) is 0. The lowest BCUT2D eigenvalue weighted by molar-refractivity contribution is 0.0245. The third kappa shape index (κ3) is 5.27. The van der Waals surface area contributed by atoms with Gasteiger partial charge in [0.15, 0.2) is 0 Å². The van der Waals surface area contributed by atoms with Crippen LogP contribution in [0.15, 0.2) is 125 Å². The van der Waals surface area contributed by atoms with E-state index in [1.54, 1.807) is 22.3 Å². The van der Waals surface area contributed by atoms with Crippen LogP contribution in [0.1, 0.15) is 116 Å². The molecule has 9 aliphatic carbocycles. The molecule has 12 unspecified atom stereocenters. The molecule has 1 saturated heterocycles. The highest BCUT2D eigenvalue weighted by atomic mass is 16.5. The van der Waals surface area contributed by atoms with E-state index in [4.69, 9.17) is 4.74 Å². The molecular weight excluding hydrogens is 667 g/mol. The van der Waals surface area contributed by atoms with Crippen LogP contribution in [0.4, 0.5) is 0 Å². The molecule has 4 saturated carbocycles. The summed E-state index contributed by atoms with van der Waals surface area (Å²) in [6, 6.07) is 13.5. The summed E-state index contributed by atoms with van der Waals surface area (Å²) < 4.78 is 7.21. The van der Waals surface area contributed by atoms with Crippen LogP contribution in [-0.4, -0.2) is 29.1 Å². The minimum Gasteiger partial charge on any atom is -0.490 e. The Morgan fingerprint density at radius 1 is 0.800 bits per heavy atom. The Morgan fingerprint density at radius 3 is 2.55 bits per heavy atom. The summed E-state index contributed by atoms with van der Waals surface area (Å²) >= 11 is 0. The average molecular weight is 732 g/mol. The highest BCUT2D eigenvalue weighted by molar-refractivity contribution is 5.48. The third-order valence-electron chi connectivity index (χ3n) is 17.7. The number of ether oxygens (including phenoxy) is 1. The van der Waals surface area contributed by atoms with Crippen molar-refractivity contribution < 1.29 is 4.74 Å². The maximum absolute atomic E-state index is 7.21. The lowest BCUT2D eigenvalue weighted by atomic mass is 9.53. The van der Waals surface area contributed by atoms with E-state index in [2.05, 4.69) is 123 Å². The summed E-state index contributed by atoms with van der Waals surface area (Å²) in [5, 5.41) is 0. The lowest BCUT2D eigenvalue weighted by Crippen LogP contribution is -2.54. The lowest BCUT2D eigenvalue weighted by Gasteiger charge is -2.50. The zero-order chi connectivity index (χ0) is 36.9. The quantitative estimate of drug-likeness (QED) is 0.280. The summed E-state index contributed by atoms with van der Waals surface area (Å²) in [6.07, 6.45) is 46.9. The van der Waals surface area contributed by atoms with E-state index in [-0.39, 0.29) is 5.41 Å². The first-order chi connectivity index (χ1) is 26.9. The van der Waals surface area contributed by atoms with E-state index >= 15 is 0 Å². The van der Waals surface area contributed by atoms with Crippen LogP contribution < -0.4 is 0 Å². The topological polar surface area (TPSA) is 12.5 Å². The van der Waals surface area contributed by atoms with Crippen molar-refractivity contribution in [2.24, 2.45) is 52.8 Å². The molecule has 10 aliphatic rings. The van der Waals surface area contributed by atoms with Crippen molar-refractivity contribution in [1.82, 2.24) is 4.90 Å². The van der Waals surface area contributed by atoms with Crippen molar-refractivity contribution in [1.29, 1.82) is 0 Å². The van der Waals surface area contributed by atoms with Crippen LogP contribution in [0.2, 0.25) is 0 Å². The highest BCUT2D eigenvalue weighted by Crippen LogP contribution is 2.67. The Kier molecular flexibility index (Phi) is 8.61. The first-order valence-corrected chi connectivity index (χ1v) is 23.0. The van der Waals surface area contributed by atoms with Crippen LogP contribution in [0.5, 0.6) is 0 Å². The second kappa shape index (κ2) is 13.5. The summed E-state index contributed by atoms with van der Waals surface area (Å²) in [4.78, 5) is 3.11. The summed E-state index contributed by atoms with van der Waals surface area (Å²) in [5.41, 5.74) is 8.63. The predicted molar refractivity (Wildman–Crippen MR) is 226 cm³/mol. The Hall–Kier alpha value is -3.10. The van der Waals surface area contributed by atoms with Crippen molar-refractivity contribution in [3.63, 3.8) is 0 Å². The van der Waals surface area contributed by atoms with Gasteiger partial charge in [0.25, 0.3) is 0 Å². The predicted octanol–water partition coefficient (Wildman–Crippen LogP) is 12.5. The fourth-order valence-electron chi connectivity index (χ4n) is 15.5. The molecule has 55 heavy (non-hydrogen) atoms. The molecule has 0 aromatic heterocycles. The number of hydrogen-bond acceptors (Lipinski definition) is 2. The van der Waals surface area contributed by atoms with E-state index in [0.29, 0.717) is 71.1 Å². The molecule has 0 radical (unpaired) electrons. The molecular formula is C53H65NO. The normalized spacial score (nSPS) is 42.4. The zero-order valence-corrected chi connectivity index (χ0v) is 33.9. The monoisotopic (exact) mass is 732 g/mol. The minimum atomic E-state index is 0.136. The molecule has 0 N–H and O–H groups in total. The van der Waals surface area contributed by atoms with E-state index in [1.165, 1.54) is 94.8 Å². The maximum atomic E-state index is 7.21. The fourth-order valence-corrected chi connectivity index (χ4v) is 15.5. The zero-order valence-electron chi connectivity index (χ0n) is 33.9. The smallest absolute Gasteiger partial charge is 0.119 e. The molecule has 12 atom stereocenters. The molecule has 288 valence electrons. The first kappa shape index (κ1) is 35.1. The van der Waals surface area contributed by atoms with Gasteiger partial charge in [-0.15, -0.1) is 0 Å². The van der Waals surface area contributed by atoms with Crippen LogP contribution in [0.3, 0.4) is 0 Å². The van der Waals surface area contributed by atoms with Crippen molar-refractivity contribution in [3.05, 3.63) is 131 Å². The standard InChI is InChI=1S/C53H65NO/c1-34-25-29-46-42(31-34)39-19-10-13-22-45(39)53(46,35-15-6-4-7-16-35)36-26-28-40-43-33-38(27-30-49(43)55-50(40)32-36)54(37-17-8-5-9-18-37)48-24-14-23-47-51(48)41-20-11-12-21-44(41)52(47,2)3/h4,6-7,11-12,14-16,19-20,24-25,29-31,33,36-38,40,42,44-48,50-51H,5,8-10,13,17-18,21-23,26-28,32H2,1-3H3. The average Bonchev–Trinajstić information content (AvgIpc) is 3.82. The van der Waals surface area contributed by atoms with Crippen LogP contribution >= 0.6 is 0 Å². The molecule has 2 nitrogen and oxygen atoms in total. The van der Waals surface area contributed by atoms with Gasteiger partial charge in [-0.1, -0.05) is 141 Å². The Bertz CT molecular complexity index is 1930. The first-order valence-electron chi connectivity index (χ1n) is 23.0. The van der Waals surface area contributed by atoms with Crippen LogP contribution in [0.25, 0.3) is 0 Å². The molecule has 5 fully saturated rings. The van der Waals surface area contributed by atoms with Gasteiger partial charge >= 0.3 is 0 Å². The van der Waals surface area contributed by atoms with Crippen molar-refractivity contribution in [2.75, 3.05) is 0 Å². The van der Waals surface area contributed by atoms with Gasteiger partial charge in [-0.2, -0.15) is 0 Å². The Morgan fingerprint density at radius 2 is 1.67 bits per heavy atom. The second-order valence-corrected chi connectivity index (χ2v) is 20.3. The van der Waals surface area contributed by atoms with Gasteiger partial charge in [0.05, 0.1) is 0 Å². The Labute approximate surface area is 332 Å². The summed E-state index contributed by atoms with van der Waals surface area (Å²) in [5.74, 6) is 6.17. The number of hydrogen-bond donors (Lipinski definition) is 0. The molecule has 2 heteroatoms. The second-order valence-electron chi connectivity index (χ2n) is 20.3. The van der Waals surface area contributed by atoms with Crippen molar-refractivity contribution >= 4 is 0 Å². The molecule has 1 aliphatic heterocycles. The van der Waals surface area contributed by atoms with Gasteiger partial charge in [-0.05, 0) is 130 Å². The molecule has 0 amide bonds. The van der Waals surface area contributed by atoms with Crippen LogP contribution in [0, 0.1) is 52.8 Å². The van der Waals surface area contributed by atoms with E-state index < -0.39 is 0 Å². The number of benzene rings is 1. The molecule has 1 aromatic carbocycles. The van der Waals surface area contributed by atoms with E-state index in [1.807, 2.05) is 0 Å². The van der Waals surface area contributed by atoms with E-state index in [9.17, 15) is 0 Å². The molecule has 1 aromatic rings. The summed E-state index contributed by atoms with van der Waals surface area (Å²) in [6.45, 7) is 7.51. The molecule has 11 rings (SSSR count). The van der Waals surface area contributed by atoms with Gasteiger partial charge < -0.3 is 4.74 Å². The fraction of sp³-hybridized carbons (Fsp3) is 0.585. The molecule has 1 heterocycles. The van der Waals surface area contributed by atoms with Gasteiger partial charge in [0.2, 0.25) is 0 Å². The SMILES string of the molecule is CC1=CC2C3=CCCCC3C(c3ccccc3)(C3CCC4C5=CC(N(C6CCCCC6)C6C=CCC7C6C6=CC=CCC6C7(C)C)CC=C5OC4C3)C2C=C1. The number of rotatable bonds is 5. The minimum absolute atomic E-state index is 0.136. The molecule has 0 bridgehead atoms. The number of nitrogens with zero attached hydrogens (tertiary/aromatic N) is 1. The maximum Gasteiger partial charge on any atom is 0.119 e. The molecule has 0 spiro atoms. The largest absolute Gasteiger partial charge is 0.490 e.